The summed E-state index contributed by atoms with van der Waals surface area (Å²) >= 11 is 0. The van der Waals surface area contributed by atoms with Crippen molar-refractivity contribution in [3.8, 4) is 11.4 Å². The molecule has 6 nitrogen and oxygen atoms in total. The van der Waals surface area contributed by atoms with Crippen LogP contribution in [-0.2, 0) is 13.1 Å². The fourth-order valence-corrected chi connectivity index (χ4v) is 4.31. The summed E-state index contributed by atoms with van der Waals surface area (Å²) in [4.78, 5) is 4.64. The van der Waals surface area contributed by atoms with Crippen molar-refractivity contribution in [2.24, 2.45) is 0 Å². The summed E-state index contributed by atoms with van der Waals surface area (Å²) in [5.41, 5.74) is 10.3. The molecule has 0 bridgehead atoms. The highest BCUT2D eigenvalue weighted by atomic mass is 15.3. The lowest BCUT2D eigenvalue weighted by Crippen LogP contribution is -2.28. The molecule has 0 unspecified atom stereocenters. The highest BCUT2D eigenvalue weighted by molar-refractivity contribution is 5.85. The van der Waals surface area contributed by atoms with Gasteiger partial charge in [-0.1, -0.05) is 49.1 Å². The Morgan fingerprint density at radius 1 is 1.21 bits per heavy atom. The third-order valence-electron chi connectivity index (χ3n) is 6.14. The van der Waals surface area contributed by atoms with Crippen LogP contribution >= 0.6 is 0 Å². The van der Waals surface area contributed by atoms with E-state index < -0.39 is 0 Å². The number of allylic oxidation sites excluding steroid dienone is 11. The first kappa shape index (κ1) is 21.8. The van der Waals surface area contributed by atoms with Gasteiger partial charge in [0.1, 0.15) is 5.69 Å². The predicted octanol–water partition coefficient (Wildman–Crippen LogP) is 5.18. The number of aromatic nitrogens is 5. The number of hydrogen-bond donors (Lipinski definition) is 2. The van der Waals surface area contributed by atoms with Crippen LogP contribution in [0, 0.1) is 6.92 Å². The van der Waals surface area contributed by atoms with E-state index in [1.165, 1.54) is 11.3 Å². The summed E-state index contributed by atoms with van der Waals surface area (Å²) in [5.74, 6) is 0. The first-order valence-electron chi connectivity index (χ1n) is 11.5. The largest absolute Gasteiger partial charge is 0.309 e. The van der Waals surface area contributed by atoms with Crippen molar-refractivity contribution < 1.29 is 0 Å². The molecule has 1 aliphatic heterocycles. The molecular formula is C28H28N6. The minimum atomic E-state index is 0.835. The van der Waals surface area contributed by atoms with Crippen molar-refractivity contribution in [2.75, 3.05) is 6.54 Å². The topological polar surface area (TPSA) is 71.4 Å². The van der Waals surface area contributed by atoms with Gasteiger partial charge < -0.3 is 5.32 Å². The predicted molar refractivity (Wildman–Crippen MR) is 138 cm³/mol. The second kappa shape index (κ2) is 9.45. The molecular weight excluding hydrogens is 420 g/mol. The molecule has 4 heterocycles. The van der Waals surface area contributed by atoms with E-state index >= 15 is 0 Å². The molecule has 0 spiro atoms. The molecule has 1 aliphatic carbocycles. The van der Waals surface area contributed by atoms with Crippen molar-refractivity contribution in [3.63, 3.8) is 0 Å². The number of aromatic amines is 1. The Bertz CT molecular complexity index is 1390. The number of nitrogens with one attached hydrogen (secondary N) is 2. The number of hydrogen-bond acceptors (Lipinski definition) is 4. The molecule has 2 N–H and O–H groups in total. The van der Waals surface area contributed by atoms with Crippen LogP contribution in [0.15, 0.2) is 90.9 Å². The van der Waals surface area contributed by atoms with Crippen molar-refractivity contribution in [1.82, 2.24) is 30.3 Å². The summed E-state index contributed by atoms with van der Waals surface area (Å²) in [5, 5.41) is 15.5. The molecule has 2 aliphatic rings. The molecule has 0 radical (unpaired) electrons. The minimum Gasteiger partial charge on any atom is -0.309 e. The van der Waals surface area contributed by atoms with Crippen molar-refractivity contribution in [2.45, 2.75) is 26.9 Å². The number of pyridine rings is 1. The number of H-pyrrole nitrogens is 1. The van der Waals surface area contributed by atoms with Gasteiger partial charge in [-0.05, 0) is 54.3 Å². The molecule has 0 saturated carbocycles. The number of aryl methyl sites for hydroxylation is 1. The van der Waals surface area contributed by atoms with E-state index in [2.05, 4.69) is 86.3 Å². The summed E-state index contributed by atoms with van der Waals surface area (Å²) in [6.45, 7) is 11.1. The molecule has 0 aromatic carbocycles. The van der Waals surface area contributed by atoms with Crippen LogP contribution in [0.5, 0.6) is 0 Å². The Labute approximate surface area is 199 Å². The fourth-order valence-electron chi connectivity index (χ4n) is 4.31. The van der Waals surface area contributed by atoms with E-state index in [4.69, 9.17) is 0 Å². The molecule has 34 heavy (non-hydrogen) atoms. The van der Waals surface area contributed by atoms with Crippen LogP contribution in [0.25, 0.3) is 22.5 Å². The lowest BCUT2D eigenvalue weighted by molar-refractivity contribution is 0.475. The minimum absolute atomic E-state index is 0.835. The van der Waals surface area contributed by atoms with Crippen molar-refractivity contribution >= 4 is 11.1 Å². The van der Waals surface area contributed by atoms with Crippen LogP contribution in [0.1, 0.15) is 29.4 Å². The molecule has 0 fully saturated rings. The summed E-state index contributed by atoms with van der Waals surface area (Å²) in [6.07, 6.45) is 18.6. The summed E-state index contributed by atoms with van der Waals surface area (Å²) in [6, 6.07) is 5.98. The van der Waals surface area contributed by atoms with E-state index in [-0.39, 0.29) is 0 Å². The molecule has 0 atom stereocenters. The Morgan fingerprint density at radius 2 is 2.12 bits per heavy atom. The first-order valence-corrected chi connectivity index (χ1v) is 11.5. The lowest BCUT2D eigenvalue weighted by atomic mass is 9.95. The van der Waals surface area contributed by atoms with Gasteiger partial charge in [-0.2, -0.15) is 10.2 Å². The van der Waals surface area contributed by atoms with Gasteiger partial charge in [0.15, 0.2) is 0 Å². The van der Waals surface area contributed by atoms with Gasteiger partial charge in [0.25, 0.3) is 0 Å². The standard InChI is InChI=1S/C28H28N6/c1-4-21(24-17-31-34-14-13-29-18-27(24)34)15-23-9-6-8-22(12-11-19(23)2)25-16-30-33-28(25)26-10-5-7-20(3)32-26/h4-12,15-17,29H,2,13-14,18H2,1,3H3,(H,30,33)/b9-6+,12-11-,21-4+,22-8-,23-15-. The van der Waals surface area contributed by atoms with Gasteiger partial charge in [0, 0.05) is 36.1 Å². The first-order chi connectivity index (χ1) is 16.6. The van der Waals surface area contributed by atoms with Crippen LogP contribution < -0.4 is 5.32 Å². The Balaban J connectivity index is 1.46. The van der Waals surface area contributed by atoms with Gasteiger partial charge in [-0.3, -0.25) is 14.8 Å². The van der Waals surface area contributed by atoms with Gasteiger partial charge in [-0.15, -0.1) is 0 Å². The second-order valence-corrected chi connectivity index (χ2v) is 8.40. The zero-order chi connectivity index (χ0) is 23.5. The molecule has 3 aromatic rings. The third-order valence-corrected chi connectivity index (χ3v) is 6.14. The zero-order valence-corrected chi connectivity index (χ0v) is 19.5. The van der Waals surface area contributed by atoms with E-state index in [0.717, 1.165) is 64.6 Å². The zero-order valence-electron chi connectivity index (χ0n) is 19.5. The molecule has 0 amide bonds. The van der Waals surface area contributed by atoms with Crippen LogP contribution in [-0.4, -0.2) is 31.5 Å². The Hall–Kier alpha value is -4.03. The smallest absolute Gasteiger partial charge is 0.118 e. The van der Waals surface area contributed by atoms with Gasteiger partial charge in [0.2, 0.25) is 0 Å². The van der Waals surface area contributed by atoms with E-state index in [9.17, 15) is 0 Å². The molecule has 170 valence electrons. The maximum Gasteiger partial charge on any atom is 0.118 e. The van der Waals surface area contributed by atoms with Crippen molar-refractivity contribution in [3.05, 3.63) is 113 Å². The quantitative estimate of drug-likeness (QED) is 0.577. The molecule has 0 saturated heterocycles. The lowest BCUT2D eigenvalue weighted by Gasteiger charge is -2.17. The summed E-state index contributed by atoms with van der Waals surface area (Å²) < 4.78 is 2.09. The maximum atomic E-state index is 4.64. The second-order valence-electron chi connectivity index (χ2n) is 8.40. The maximum absolute atomic E-state index is 4.64. The molecule has 5 rings (SSSR count). The van der Waals surface area contributed by atoms with Crippen LogP contribution in [0.3, 0.4) is 0 Å². The average Bonchev–Trinajstić information content (AvgIpc) is 3.49. The van der Waals surface area contributed by atoms with Gasteiger partial charge in [-0.25, -0.2) is 0 Å². The highest BCUT2D eigenvalue weighted by Gasteiger charge is 2.17. The number of fused-ring (bicyclic) bond motifs is 1. The molecule has 6 heteroatoms. The fraction of sp³-hybridized carbons (Fsp3) is 0.179. The highest BCUT2D eigenvalue weighted by Crippen LogP contribution is 2.30. The van der Waals surface area contributed by atoms with E-state index in [1.54, 1.807) is 0 Å². The normalized spacial score (nSPS) is 20.9. The summed E-state index contributed by atoms with van der Waals surface area (Å²) in [7, 11) is 0. The number of rotatable bonds is 4. The van der Waals surface area contributed by atoms with Gasteiger partial charge >= 0.3 is 0 Å². The van der Waals surface area contributed by atoms with Crippen LogP contribution in [0.4, 0.5) is 0 Å². The molecule has 3 aromatic heterocycles. The SMILES string of the molecule is C=C1\C=C/C(c2c[nH]nc2-c2cccc(C)n2)=C/C=C/C1=C/C(=C\C)c1cnn2c1CNCC2. The van der Waals surface area contributed by atoms with Crippen LogP contribution in [0.2, 0.25) is 0 Å². The van der Waals surface area contributed by atoms with Gasteiger partial charge in [0.05, 0.1) is 24.1 Å². The van der Waals surface area contributed by atoms with E-state index in [1.807, 2.05) is 37.5 Å². The third kappa shape index (κ3) is 4.28. The van der Waals surface area contributed by atoms with Crippen molar-refractivity contribution in [1.29, 1.82) is 0 Å². The Morgan fingerprint density at radius 3 is 2.97 bits per heavy atom. The average molecular weight is 449 g/mol. The van der Waals surface area contributed by atoms with E-state index in [0.29, 0.717) is 0 Å². The Kier molecular flexibility index (Phi) is 6.06. The number of nitrogens with zero attached hydrogens (tertiary/aromatic N) is 4. The monoisotopic (exact) mass is 448 g/mol.